The number of aromatic nitrogens is 1. The number of hydrogen-bond acceptors (Lipinski definition) is 8. The van der Waals surface area contributed by atoms with Crippen LogP contribution in [0, 0.1) is 0 Å². The molecule has 0 radical (unpaired) electrons. The summed E-state index contributed by atoms with van der Waals surface area (Å²) >= 11 is 0. The van der Waals surface area contributed by atoms with Crippen molar-refractivity contribution in [1.29, 1.82) is 0 Å². The number of fused-ring (bicyclic) bond motifs is 1. The summed E-state index contributed by atoms with van der Waals surface area (Å²) in [4.78, 5) is 17.1. The predicted molar refractivity (Wildman–Crippen MR) is 131 cm³/mol. The molecule has 1 amide bonds. The number of carbonyl (C=O) groups excluding carboxylic acids is 1. The number of anilines is 1. The number of amides is 1. The first-order chi connectivity index (χ1) is 16.8. The van der Waals surface area contributed by atoms with Gasteiger partial charge >= 0.3 is 0 Å². The summed E-state index contributed by atoms with van der Waals surface area (Å²) in [5, 5.41) is 4.02. The molecule has 1 fully saturated rings. The van der Waals surface area contributed by atoms with Gasteiger partial charge in [-0.2, -0.15) is 0 Å². The summed E-state index contributed by atoms with van der Waals surface area (Å²) in [5.41, 5.74) is 2.78. The van der Waals surface area contributed by atoms with Crippen LogP contribution in [0.25, 0.3) is 11.3 Å². The summed E-state index contributed by atoms with van der Waals surface area (Å²) in [6.45, 7) is 1.24. The van der Waals surface area contributed by atoms with E-state index in [-0.39, 0.29) is 29.7 Å². The lowest BCUT2D eigenvalue weighted by atomic mass is 10.1. The molecule has 0 bridgehead atoms. The van der Waals surface area contributed by atoms with Gasteiger partial charge in [0, 0.05) is 44.0 Å². The average molecular weight is 498 g/mol. The lowest BCUT2D eigenvalue weighted by molar-refractivity contribution is 0.0670. The van der Waals surface area contributed by atoms with Crippen molar-refractivity contribution in [3.05, 3.63) is 59.8 Å². The number of sulfone groups is 1. The third-order valence-electron chi connectivity index (χ3n) is 6.27. The van der Waals surface area contributed by atoms with Crippen molar-refractivity contribution in [2.45, 2.75) is 19.0 Å². The van der Waals surface area contributed by atoms with Crippen LogP contribution in [0.4, 0.5) is 5.69 Å². The molecule has 9 nitrogen and oxygen atoms in total. The maximum Gasteiger partial charge on any atom is 0.276 e. The van der Waals surface area contributed by atoms with Gasteiger partial charge in [0.1, 0.15) is 13.2 Å². The molecular weight excluding hydrogens is 470 g/mol. The summed E-state index contributed by atoms with van der Waals surface area (Å²) in [6.07, 6.45) is 0.400. The molecule has 35 heavy (non-hydrogen) atoms. The third-order valence-corrected chi connectivity index (χ3v) is 8.02. The molecule has 1 aromatic heterocycles. The molecule has 184 valence electrons. The molecule has 0 N–H and O–H groups in total. The molecule has 2 aliphatic rings. The second kappa shape index (κ2) is 9.26. The van der Waals surface area contributed by atoms with Gasteiger partial charge in [-0.1, -0.05) is 17.3 Å². The van der Waals surface area contributed by atoms with Gasteiger partial charge in [-0.25, -0.2) is 8.42 Å². The van der Waals surface area contributed by atoms with Crippen molar-refractivity contribution in [2.75, 3.05) is 43.7 Å². The van der Waals surface area contributed by atoms with Gasteiger partial charge in [0.2, 0.25) is 0 Å². The van der Waals surface area contributed by atoms with Crippen LogP contribution in [-0.4, -0.2) is 69.2 Å². The zero-order chi connectivity index (χ0) is 24.6. The minimum atomic E-state index is -3.18. The second-order valence-corrected chi connectivity index (χ2v) is 11.2. The van der Waals surface area contributed by atoms with Gasteiger partial charge in [0.15, 0.2) is 32.8 Å². The Morgan fingerprint density at radius 3 is 2.46 bits per heavy atom. The molecule has 2 aromatic carbocycles. The number of ether oxygens (including phenoxy) is 2. The Bertz CT molecular complexity index is 1330. The van der Waals surface area contributed by atoms with E-state index in [0.717, 1.165) is 11.3 Å². The lowest BCUT2D eigenvalue weighted by Crippen LogP contribution is -2.40. The maximum atomic E-state index is 13.6. The average Bonchev–Trinajstić information content (AvgIpc) is 3.49. The fourth-order valence-corrected chi connectivity index (χ4v) is 6.07. The van der Waals surface area contributed by atoms with Crippen LogP contribution in [0.5, 0.6) is 11.5 Å². The molecule has 5 rings (SSSR count). The third kappa shape index (κ3) is 4.97. The van der Waals surface area contributed by atoms with Crippen molar-refractivity contribution in [3.8, 4) is 22.8 Å². The van der Waals surface area contributed by atoms with Crippen molar-refractivity contribution in [1.82, 2.24) is 10.1 Å². The van der Waals surface area contributed by atoms with Gasteiger partial charge in [-0.3, -0.25) is 4.79 Å². The van der Waals surface area contributed by atoms with E-state index in [0.29, 0.717) is 42.5 Å². The SMILES string of the molecule is CN(C)c1ccc(CN(C(=O)c2cc(-c3ccc4c(c3)OCCO4)on2)C2CCS(=O)(=O)C2)cc1. The molecule has 3 aromatic rings. The first kappa shape index (κ1) is 23.2. The van der Waals surface area contributed by atoms with Crippen molar-refractivity contribution in [2.24, 2.45) is 0 Å². The van der Waals surface area contributed by atoms with Crippen LogP contribution in [0.15, 0.2) is 53.1 Å². The van der Waals surface area contributed by atoms with Crippen molar-refractivity contribution in [3.63, 3.8) is 0 Å². The Kier molecular flexibility index (Phi) is 6.14. The highest BCUT2D eigenvalue weighted by Gasteiger charge is 2.36. The van der Waals surface area contributed by atoms with E-state index in [1.54, 1.807) is 23.1 Å². The van der Waals surface area contributed by atoms with E-state index in [2.05, 4.69) is 5.16 Å². The minimum Gasteiger partial charge on any atom is -0.486 e. The van der Waals surface area contributed by atoms with E-state index in [1.165, 1.54) is 0 Å². The number of rotatable bonds is 6. The van der Waals surface area contributed by atoms with Crippen LogP contribution in [-0.2, 0) is 16.4 Å². The number of hydrogen-bond donors (Lipinski definition) is 0. The largest absolute Gasteiger partial charge is 0.486 e. The summed E-state index contributed by atoms with van der Waals surface area (Å²) < 4.78 is 41.0. The van der Waals surface area contributed by atoms with E-state index >= 15 is 0 Å². The topological polar surface area (TPSA) is 102 Å². The van der Waals surface area contributed by atoms with E-state index in [4.69, 9.17) is 14.0 Å². The smallest absolute Gasteiger partial charge is 0.276 e. The molecule has 10 heteroatoms. The van der Waals surface area contributed by atoms with Gasteiger partial charge in [0.25, 0.3) is 5.91 Å². The van der Waals surface area contributed by atoms with E-state index < -0.39 is 15.9 Å². The zero-order valence-electron chi connectivity index (χ0n) is 19.6. The zero-order valence-corrected chi connectivity index (χ0v) is 20.5. The molecule has 0 saturated carbocycles. The van der Waals surface area contributed by atoms with Crippen LogP contribution >= 0.6 is 0 Å². The summed E-state index contributed by atoms with van der Waals surface area (Å²) in [7, 11) is 0.730. The molecule has 3 heterocycles. The Hall–Kier alpha value is -3.53. The Morgan fingerprint density at radius 1 is 1.03 bits per heavy atom. The Morgan fingerprint density at radius 2 is 1.77 bits per heavy atom. The number of nitrogens with zero attached hydrogens (tertiary/aromatic N) is 3. The monoisotopic (exact) mass is 497 g/mol. The first-order valence-electron chi connectivity index (χ1n) is 11.4. The van der Waals surface area contributed by atoms with Crippen molar-refractivity contribution >= 4 is 21.4 Å². The fraction of sp³-hybridized carbons (Fsp3) is 0.360. The van der Waals surface area contributed by atoms with Gasteiger partial charge < -0.3 is 23.8 Å². The highest BCUT2D eigenvalue weighted by Crippen LogP contribution is 2.35. The lowest BCUT2D eigenvalue weighted by Gasteiger charge is -2.27. The predicted octanol–water partition coefficient (Wildman–Crippen LogP) is 3.01. The molecule has 0 aliphatic carbocycles. The molecular formula is C25H27N3O6S. The molecule has 1 atom stereocenters. The quantitative estimate of drug-likeness (QED) is 0.512. The highest BCUT2D eigenvalue weighted by molar-refractivity contribution is 7.91. The van der Waals surface area contributed by atoms with Crippen molar-refractivity contribution < 1.29 is 27.2 Å². The summed E-state index contributed by atoms with van der Waals surface area (Å²) in [6, 6.07) is 14.4. The van der Waals surface area contributed by atoms with Gasteiger partial charge in [-0.15, -0.1) is 0 Å². The Labute approximate surface area is 204 Å². The van der Waals surface area contributed by atoms with Crippen LogP contribution < -0.4 is 14.4 Å². The maximum absolute atomic E-state index is 13.6. The molecule has 0 spiro atoms. The number of carbonyl (C=O) groups is 1. The van der Waals surface area contributed by atoms with E-state index in [1.807, 2.05) is 49.3 Å². The molecule has 2 aliphatic heterocycles. The van der Waals surface area contributed by atoms with Gasteiger partial charge in [0.05, 0.1) is 11.5 Å². The highest BCUT2D eigenvalue weighted by atomic mass is 32.2. The molecule has 1 unspecified atom stereocenters. The summed E-state index contributed by atoms with van der Waals surface area (Å²) in [5.74, 6) is 1.33. The fourth-order valence-electron chi connectivity index (χ4n) is 4.34. The number of benzene rings is 2. The Balaban J connectivity index is 1.41. The second-order valence-electron chi connectivity index (χ2n) is 8.99. The standard InChI is InChI=1S/C25H27N3O6S/c1-27(2)19-6-3-17(4-7-19)15-28(20-9-12-35(30,31)16-20)25(29)21-14-23(34-26-21)18-5-8-22-24(13-18)33-11-10-32-22/h3-8,13-14,20H,9-12,15-16H2,1-2H3. The van der Waals surface area contributed by atoms with E-state index in [9.17, 15) is 13.2 Å². The van der Waals surface area contributed by atoms with Gasteiger partial charge in [-0.05, 0) is 42.3 Å². The normalized spacial score (nSPS) is 18.3. The van der Waals surface area contributed by atoms with Crippen LogP contribution in [0.3, 0.4) is 0 Å². The van der Waals surface area contributed by atoms with Crippen LogP contribution in [0.2, 0.25) is 0 Å². The molecule has 1 saturated heterocycles. The van der Waals surface area contributed by atoms with Crippen LogP contribution in [0.1, 0.15) is 22.5 Å². The first-order valence-corrected chi connectivity index (χ1v) is 13.3. The minimum absolute atomic E-state index is 0.0542.